The Hall–Kier alpha value is -2.57. The van der Waals surface area contributed by atoms with Gasteiger partial charge in [-0.3, -0.25) is 9.78 Å². The van der Waals surface area contributed by atoms with Crippen LogP contribution in [0.2, 0.25) is 0 Å². The van der Waals surface area contributed by atoms with E-state index in [4.69, 9.17) is 0 Å². The Bertz CT molecular complexity index is 714. The quantitative estimate of drug-likeness (QED) is 0.849. The number of halogens is 3. The minimum absolute atomic E-state index is 0.181. The van der Waals surface area contributed by atoms with Gasteiger partial charge in [-0.1, -0.05) is 26.0 Å². The number of amides is 1. The van der Waals surface area contributed by atoms with Gasteiger partial charge < -0.3 is 10.6 Å². The van der Waals surface area contributed by atoms with Gasteiger partial charge in [-0.25, -0.2) is 0 Å². The zero-order chi connectivity index (χ0) is 17.7. The van der Waals surface area contributed by atoms with Crippen LogP contribution in [-0.4, -0.2) is 17.4 Å². The first-order chi connectivity index (χ1) is 11.3. The number of carbonyl (C=O) groups excluding carboxylic acids is 1. The van der Waals surface area contributed by atoms with Gasteiger partial charge in [0.1, 0.15) is 0 Å². The molecule has 128 valence electrons. The third kappa shape index (κ3) is 4.71. The molecule has 1 aromatic heterocycles. The number of hydrogen-bond acceptors (Lipinski definition) is 3. The van der Waals surface area contributed by atoms with Crippen LogP contribution in [0, 0.1) is 5.92 Å². The predicted molar refractivity (Wildman–Crippen MR) is 87.0 cm³/mol. The third-order valence-electron chi connectivity index (χ3n) is 3.20. The standard InChI is InChI=1S/C17H18F3N3O/c1-11(2)8-22-13-7-12(9-21-10-13)16(24)23-15-6-4-3-5-14(15)17(18,19)20/h3-7,9-11,22H,8H2,1-2H3,(H,23,24). The van der Waals surface area contributed by atoms with E-state index in [1.165, 1.54) is 24.4 Å². The topological polar surface area (TPSA) is 54.0 Å². The largest absolute Gasteiger partial charge is 0.418 e. The maximum Gasteiger partial charge on any atom is 0.418 e. The summed E-state index contributed by atoms with van der Waals surface area (Å²) in [6.45, 7) is 4.76. The Balaban J connectivity index is 2.18. The Kier molecular flexibility index (Phi) is 5.43. The third-order valence-corrected chi connectivity index (χ3v) is 3.20. The molecule has 1 aromatic carbocycles. The van der Waals surface area contributed by atoms with Gasteiger partial charge >= 0.3 is 6.18 Å². The number of carbonyl (C=O) groups is 1. The Morgan fingerprint density at radius 3 is 2.58 bits per heavy atom. The Labute approximate surface area is 138 Å². The monoisotopic (exact) mass is 337 g/mol. The first kappa shape index (κ1) is 17.8. The number of alkyl halides is 3. The van der Waals surface area contributed by atoms with E-state index in [1.807, 2.05) is 13.8 Å². The van der Waals surface area contributed by atoms with E-state index in [1.54, 1.807) is 12.3 Å². The lowest BCUT2D eigenvalue weighted by Crippen LogP contribution is -2.17. The van der Waals surface area contributed by atoms with E-state index in [2.05, 4.69) is 15.6 Å². The number of nitrogens with one attached hydrogen (secondary N) is 2. The second-order valence-corrected chi connectivity index (χ2v) is 5.73. The normalized spacial score (nSPS) is 11.4. The van der Waals surface area contributed by atoms with Crippen molar-refractivity contribution in [2.45, 2.75) is 20.0 Å². The lowest BCUT2D eigenvalue weighted by Gasteiger charge is -2.14. The number of benzene rings is 1. The molecule has 4 nitrogen and oxygen atoms in total. The molecule has 0 atom stereocenters. The fourth-order valence-corrected chi connectivity index (χ4v) is 2.02. The second-order valence-electron chi connectivity index (χ2n) is 5.73. The van der Waals surface area contributed by atoms with Crippen molar-refractivity contribution in [1.82, 2.24) is 4.98 Å². The first-order valence-corrected chi connectivity index (χ1v) is 7.44. The average Bonchev–Trinajstić information content (AvgIpc) is 2.52. The summed E-state index contributed by atoms with van der Waals surface area (Å²) in [5, 5.41) is 5.42. The van der Waals surface area contributed by atoms with Gasteiger partial charge in [0, 0.05) is 18.9 Å². The van der Waals surface area contributed by atoms with Crippen molar-refractivity contribution in [3.05, 3.63) is 53.9 Å². The number of hydrogen-bond donors (Lipinski definition) is 2. The summed E-state index contributed by atoms with van der Waals surface area (Å²) in [7, 11) is 0. The number of aromatic nitrogens is 1. The van der Waals surface area contributed by atoms with Crippen molar-refractivity contribution >= 4 is 17.3 Å². The SMILES string of the molecule is CC(C)CNc1cncc(C(=O)Nc2ccccc2C(F)(F)F)c1. The van der Waals surface area contributed by atoms with Crippen LogP contribution in [0.5, 0.6) is 0 Å². The van der Waals surface area contributed by atoms with Crippen molar-refractivity contribution in [3.8, 4) is 0 Å². The minimum atomic E-state index is -4.54. The summed E-state index contributed by atoms with van der Waals surface area (Å²) in [5.74, 6) is -0.242. The summed E-state index contributed by atoms with van der Waals surface area (Å²) in [4.78, 5) is 16.2. The van der Waals surface area contributed by atoms with E-state index >= 15 is 0 Å². The van der Waals surface area contributed by atoms with Crippen LogP contribution in [0.4, 0.5) is 24.5 Å². The zero-order valence-electron chi connectivity index (χ0n) is 13.3. The van der Waals surface area contributed by atoms with Crippen molar-refractivity contribution < 1.29 is 18.0 Å². The molecule has 0 saturated heterocycles. The lowest BCUT2D eigenvalue weighted by atomic mass is 10.1. The van der Waals surface area contributed by atoms with Crippen molar-refractivity contribution in [3.63, 3.8) is 0 Å². The number of pyridine rings is 1. The fraction of sp³-hybridized carbons (Fsp3) is 0.294. The molecule has 2 aromatic rings. The predicted octanol–water partition coefficient (Wildman–Crippen LogP) is 4.42. The molecule has 7 heteroatoms. The van der Waals surface area contributed by atoms with E-state index < -0.39 is 17.6 Å². The molecule has 0 aliphatic carbocycles. The van der Waals surface area contributed by atoms with Gasteiger partial charge in [0.05, 0.1) is 22.5 Å². The summed E-state index contributed by atoms with van der Waals surface area (Å²) in [6.07, 6.45) is -1.67. The summed E-state index contributed by atoms with van der Waals surface area (Å²) in [6, 6.07) is 6.41. The van der Waals surface area contributed by atoms with Gasteiger partial charge in [-0.05, 0) is 24.1 Å². The zero-order valence-corrected chi connectivity index (χ0v) is 13.3. The van der Waals surface area contributed by atoms with Gasteiger partial charge in [0.2, 0.25) is 0 Å². The number of anilines is 2. The summed E-state index contributed by atoms with van der Waals surface area (Å²) >= 11 is 0. The van der Waals surface area contributed by atoms with Crippen LogP contribution in [0.25, 0.3) is 0 Å². The van der Waals surface area contributed by atoms with E-state index in [9.17, 15) is 18.0 Å². The molecule has 24 heavy (non-hydrogen) atoms. The van der Waals surface area contributed by atoms with Gasteiger partial charge in [0.25, 0.3) is 5.91 Å². The number of para-hydroxylation sites is 1. The lowest BCUT2D eigenvalue weighted by molar-refractivity contribution is -0.136. The van der Waals surface area contributed by atoms with Crippen LogP contribution in [0.1, 0.15) is 29.8 Å². The molecule has 0 fully saturated rings. The molecule has 0 aliphatic rings. The average molecular weight is 337 g/mol. The Morgan fingerprint density at radius 1 is 1.21 bits per heavy atom. The Morgan fingerprint density at radius 2 is 1.92 bits per heavy atom. The highest BCUT2D eigenvalue weighted by Crippen LogP contribution is 2.34. The van der Waals surface area contributed by atoms with Crippen molar-refractivity contribution in [1.29, 1.82) is 0 Å². The minimum Gasteiger partial charge on any atom is -0.384 e. The van der Waals surface area contributed by atoms with Gasteiger partial charge in [-0.15, -0.1) is 0 Å². The maximum atomic E-state index is 13.0. The van der Waals surface area contributed by atoms with Crippen LogP contribution >= 0.6 is 0 Å². The van der Waals surface area contributed by atoms with Gasteiger partial charge in [0.15, 0.2) is 0 Å². The highest BCUT2D eigenvalue weighted by atomic mass is 19.4. The molecular weight excluding hydrogens is 319 g/mol. The first-order valence-electron chi connectivity index (χ1n) is 7.44. The van der Waals surface area contributed by atoms with Crippen LogP contribution in [0.3, 0.4) is 0 Å². The number of rotatable bonds is 5. The molecule has 2 N–H and O–H groups in total. The molecule has 0 spiro atoms. The highest BCUT2D eigenvalue weighted by molar-refractivity contribution is 6.05. The van der Waals surface area contributed by atoms with Crippen LogP contribution in [0.15, 0.2) is 42.7 Å². The summed E-state index contributed by atoms with van der Waals surface area (Å²) < 4.78 is 38.9. The van der Waals surface area contributed by atoms with Crippen molar-refractivity contribution in [2.24, 2.45) is 5.92 Å². The van der Waals surface area contributed by atoms with Crippen molar-refractivity contribution in [2.75, 3.05) is 17.2 Å². The molecular formula is C17H18F3N3O. The molecule has 0 unspecified atom stereocenters. The number of nitrogens with zero attached hydrogens (tertiary/aromatic N) is 1. The van der Waals surface area contributed by atoms with E-state index in [-0.39, 0.29) is 11.3 Å². The van der Waals surface area contributed by atoms with E-state index in [0.717, 1.165) is 6.07 Å². The molecule has 2 rings (SSSR count). The molecule has 0 radical (unpaired) electrons. The molecule has 0 aliphatic heterocycles. The smallest absolute Gasteiger partial charge is 0.384 e. The molecule has 0 bridgehead atoms. The van der Waals surface area contributed by atoms with Crippen LogP contribution in [-0.2, 0) is 6.18 Å². The molecule has 0 saturated carbocycles. The van der Waals surface area contributed by atoms with Crippen LogP contribution < -0.4 is 10.6 Å². The van der Waals surface area contributed by atoms with Gasteiger partial charge in [-0.2, -0.15) is 13.2 Å². The molecule has 1 heterocycles. The second kappa shape index (κ2) is 7.33. The maximum absolute atomic E-state index is 13.0. The molecule has 1 amide bonds. The fourth-order valence-electron chi connectivity index (χ4n) is 2.02. The summed E-state index contributed by atoms with van der Waals surface area (Å²) in [5.41, 5.74) is -0.350. The van der Waals surface area contributed by atoms with E-state index in [0.29, 0.717) is 18.2 Å². The highest BCUT2D eigenvalue weighted by Gasteiger charge is 2.33.